The molecule has 4 rings (SSSR count). The highest BCUT2D eigenvalue weighted by Gasteiger charge is 2.23. The Balaban J connectivity index is 1.72. The van der Waals surface area contributed by atoms with Crippen molar-refractivity contribution in [2.45, 2.75) is 4.90 Å². The van der Waals surface area contributed by atoms with E-state index < -0.39 is 10.0 Å². The molecule has 0 aliphatic rings. The van der Waals surface area contributed by atoms with Crippen molar-refractivity contribution in [1.29, 1.82) is 0 Å². The number of sulfonamides is 1. The fourth-order valence-corrected chi connectivity index (χ4v) is 4.25. The van der Waals surface area contributed by atoms with Crippen LogP contribution in [0, 0.1) is 0 Å². The number of para-hydroxylation sites is 2. The fraction of sp³-hybridized carbons (Fsp3) is 0.0909. The summed E-state index contributed by atoms with van der Waals surface area (Å²) in [7, 11) is -1.14. The topological polar surface area (TPSA) is 104 Å². The van der Waals surface area contributed by atoms with Gasteiger partial charge in [-0.05, 0) is 42.5 Å². The second-order valence-electron chi connectivity index (χ2n) is 6.45. The van der Waals surface area contributed by atoms with Crippen molar-refractivity contribution >= 4 is 15.7 Å². The van der Waals surface area contributed by atoms with E-state index in [1.807, 2.05) is 30.3 Å². The molecule has 0 fully saturated rings. The van der Waals surface area contributed by atoms with Gasteiger partial charge in [0.15, 0.2) is 0 Å². The molecule has 8 nitrogen and oxygen atoms in total. The second kappa shape index (κ2) is 8.49. The predicted molar refractivity (Wildman–Crippen MR) is 116 cm³/mol. The van der Waals surface area contributed by atoms with Gasteiger partial charge in [0.05, 0.1) is 19.9 Å². The Labute approximate surface area is 179 Å². The van der Waals surface area contributed by atoms with Gasteiger partial charge in [-0.1, -0.05) is 30.3 Å². The molecular formula is C22H19N3O5S. The van der Waals surface area contributed by atoms with Crippen molar-refractivity contribution in [3.05, 3.63) is 72.8 Å². The lowest BCUT2D eigenvalue weighted by molar-refractivity contribution is 0.403. The Hall–Kier alpha value is -3.85. The number of nitrogens with one attached hydrogen (secondary N) is 1. The quantitative estimate of drug-likeness (QED) is 0.462. The van der Waals surface area contributed by atoms with Crippen molar-refractivity contribution in [3.8, 4) is 34.4 Å². The van der Waals surface area contributed by atoms with E-state index in [1.54, 1.807) is 36.4 Å². The van der Waals surface area contributed by atoms with Crippen molar-refractivity contribution in [2.24, 2.45) is 0 Å². The highest BCUT2D eigenvalue weighted by atomic mass is 32.2. The minimum Gasteiger partial charge on any atom is -0.495 e. The van der Waals surface area contributed by atoms with Crippen LogP contribution in [0.2, 0.25) is 0 Å². The van der Waals surface area contributed by atoms with E-state index in [-0.39, 0.29) is 16.5 Å². The highest BCUT2D eigenvalue weighted by Crippen LogP contribution is 2.33. The molecule has 0 saturated carbocycles. The van der Waals surface area contributed by atoms with Crippen LogP contribution in [0.25, 0.3) is 22.9 Å². The summed E-state index contributed by atoms with van der Waals surface area (Å²) >= 11 is 0. The molecule has 0 bridgehead atoms. The zero-order chi connectivity index (χ0) is 21.8. The number of nitrogens with zero attached hydrogens (tertiary/aromatic N) is 2. The zero-order valence-corrected chi connectivity index (χ0v) is 17.6. The molecule has 0 amide bonds. The molecule has 4 aromatic rings. The lowest BCUT2D eigenvalue weighted by atomic mass is 10.2. The molecule has 0 atom stereocenters. The second-order valence-corrected chi connectivity index (χ2v) is 8.10. The Morgan fingerprint density at radius 3 is 2.13 bits per heavy atom. The van der Waals surface area contributed by atoms with Crippen LogP contribution in [0.15, 0.2) is 82.1 Å². The molecular weight excluding hydrogens is 418 g/mol. The minimum atomic E-state index is -4.01. The van der Waals surface area contributed by atoms with Crippen molar-refractivity contribution in [3.63, 3.8) is 0 Å². The summed E-state index contributed by atoms with van der Waals surface area (Å²) < 4.78 is 45.1. The average Bonchev–Trinajstić information content (AvgIpc) is 3.30. The van der Waals surface area contributed by atoms with Crippen LogP contribution in [-0.2, 0) is 10.0 Å². The number of hydrogen-bond acceptors (Lipinski definition) is 7. The van der Waals surface area contributed by atoms with Crippen LogP contribution < -0.4 is 14.2 Å². The molecule has 0 radical (unpaired) electrons. The fourth-order valence-electron chi connectivity index (χ4n) is 2.99. The maximum Gasteiger partial charge on any atom is 0.265 e. The first-order valence-corrected chi connectivity index (χ1v) is 10.7. The van der Waals surface area contributed by atoms with Crippen LogP contribution in [0.1, 0.15) is 0 Å². The lowest BCUT2D eigenvalue weighted by Crippen LogP contribution is -2.15. The van der Waals surface area contributed by atoms with E-state index in [4.69, 9.17) is 13.9 Å². The molecule has 1 aromatic heterocycles. The summed E-state index contributed by atoms with van der Waals surface area (Å²) in [6, 6.07) is 20.6. The van der Waals surface area contributed by atoms with E-state index >= 15 is 0 Å². The van der Waals surface area contributed by atoms with Crippen molar-refractivity contribution in [2.75, 3.05) is 18.9 Å². The van der Waals surface area contributed by atoms with Crippen LogP contribution >= 0.6 is 0 Å². The number of ether oxygens (including phenoxy) is 2. The highest BCUT2D eigenvalue weighted by molar-refractivity contribution is 7.92. The van der Waals surface area contributed by atoms with Crippen LogP contribution in [0.5, 0.6) is 11.5 Å². The molecule has 3 aromatic carbocycles. The van der Waals surface area contributed by atoms with Gasteiger partial charge in [0.25, 0.3) is 10.0 Å². The number of rotatable bonds is 7. The average molecular weight is 437 g/mol. The molecule has 1 N–H and O–H groups in total. The number of methoxy groups -OCH3 is 2. The zero-order valence-electron chi connectivity index (χ0n) is 16.8. The Bertz CT molecular complexity index is 1300. The summed E-state index contributed by atoms with van der Waals surface area (Å²) in [5, 5.41) is 8.12. The van der Waals surface area contributed by atoms with E-state index in [0.717, 1.165) is 5.56 Å². The van der Waals surface area contributed by atoms with E-state index in [2.05, 4.69) is 14.9 Å². The lowest BCUT2D eigenvalue weighted by Gasteiger charge is -2.14. The van der Waals surface area contributed by atoms with E-state index in [0.29, 0.717) is 22.9 Å². The SMILES string of the molecule is COc1ccccc1NS(=O)(=O)c1cc(-c2nnc(-c3ccccc3)o2)ccc1OC. The van der Waals surface area contributed by atoms with Gasteiger partial charge in [0.1, 0.15) is 16.4 Å². The molecule has 31 heavy (non-hydrogen) atoms. The molecule has 0 aliphatic heterocycles. The molecule has 158 valence electrons. The Morgan fingerprint density at radius 1 is 0.774 bits per heavy atom. The maximum atomic E-state index is 13.1. The van der Waals surface area contributed by atoms with Gasteiger partial charge in [0, 0.05) is 11.1 Å². The van der Waals surface area contributed by atoms with Crippen molar-refractivity contribution in [1.82, 2.24) is 10.2 Å². The first kappa shape index (κ1) is 20.4. The standard InChI is InChI=1S/C22H19N3O5S/c1-28-18-11-7-6-10-17(18)25-31(26,27)20-14-16(12-13-19(20)29-2)22-24-23-21(30-22)15-8-4-3-5-9-15/h3-14,25H,1-2H3. The first-order chi connectivity index (χ1) is 15.0. The van der Waals surface area contributed by atoms with E-state index in [1.165, 1.54) is 20.3 Å². The van der Waals surface area contributed by atoms with Crippen molar-refractivity contribution < 1.29 is 22.3 Å². The summed E-state index contributed by atoms with van der Waals surface area (Å²) in [5.41, 5.74) is 1.51. The number of aromatic nitrogens is 2. The normalized spacial score (nSPS) is 11.2. The third-order valence-electron chi connectivity index (χ3n) is 4.50. The van der Waals surface area contributed by atoms with Gasteiger partial charge in [-0.25, -0.2) is 8.42 Å². The molecule has 0 saturated heterocycles. The summed E-state index contributed by atoms with van der Waals surface area (Å²) in [6.45, 7) is 0. The van der Waals surface area contributed by atoms with Gasteiger partial charge in [-0.15, -0.1) is 10.2 Å². The molecule has 9 heteroatoms. The maximum absolute atomic E-state index is 13.1. The largest absolute Gasteiger partial charge is 0.495 e. The van der Waals surface area contributed by atoms with Gasteiger partial charge < -0.3 is 13.9 Å². The summed E-state index contributed by atoms with van der Waals surface area (Å²) in [6.07, 6.45) is 0. The minimum absolute atomic E-state index is 0.0714. The summed E-state index contributed by atoms with van der Waals surface area (Å²) in [4.78, 5) is -0.0714. The van der Waals surface area contributed by atoms with Crippen LogP contribution in [0.3, 0.4) is 0 Å². The van der Waals surface area contributed by atoms with Crippen LogP contribution in [-0.4, -0.2) is 32.8 Å². The number of hydrogen-bond donors (Lipinski definition) is 1. The predicted octanol–water partition coefficient (Wildman–Crippen LogP) is 4.22. The Morgan fingerprint density at radius 2 is 1.42 bits per heavy atom. The van der Waals surface area contributed by atoms with Gasteiger partial charge in [-0.2, -0.15) is 0 Å². The van der Waals surface area contributed by atoms with Gasteiger partial charge in [-0.3, -0.25) is 4.72 Å². The molecule has 0 aliphatic carbocycles. The van der Waals surface area contributed by atoms with E-state index in [9.17, 15) is 8.42 Å². The first-order valence-electron chi connectivity index (χ1n) is 9.25. The van der Waals surface area contributed by atoms with Gasteiger partial charge >= 0.3 is 0 Å². The number of anilines is 1. The Kier molecular flexibility index (Phi) is 5.59. The molecule has 1 heterocycles. The third kappa shape index (κ3) is 4.22. The molecule has 0 unspecified atom stereocenters. The third-order valence-corrected chi connectivity index (χ3v) is 5.88. The summed E-state index contributed by atoms with van der Waals surface area (Å²) in [5.74, 6) is 1.10. The molecule has 0 spiro atoms. The van der Waals surface area contributed by atoms with Gasteiger partial charge in [0.2, 0.25) is 11.8 Å². The number of benzene rings is 3. The van der Waals surface area contributed by atoms with Crippen LogP contribution in [0.4, 0.5) is 5.69 Å². The monoisotopic (exact) mass is 437 g/mol. The smallest absolute Gasteiger partial charge is 0.265 e.